The number of amides is 11. The number of rotatable bonds is 29. The first kappa shape index (κ1) is 70.6. The van der Waals surface area contributed by atoms with E-state index in [1.54, 1.807) is 62.5 Å². The Morgan fingerprint density at radius 1 is 0.636 bits per heavy atom. The third-order valence-electron chi connectivity index (χ3n) is 14.7. The number of nitrogens with zero attached hydrogens (tertiary/aromatic N) is 1. The number of nitrogens with two attached hydrogens (primary N) is 3. The van der Waals surface area contributed by atoms with Crippen LogP contribution in [0.3, 0.4) is 0 Å². The lowest BCUT2D eigenvalue weighted by atomic mass is 9.98. The minimum absolute atomic E-state index is 0.0479. The van der Waals surface area contributed by atoms with Gasteiger partial charge in [-0.15, -0.1) is 0 Å². The van der Waals surface area contributed by atoms with Crippen molar-refractivity contribution in [1.29, 1.82) is 0 Å². The van der Waals surface area contributed by atoms with Gasteiger partial charge in [-0.05, 0) is 105 Å². The molecule has 1 saturated heterocycles. The SMILES string of the molecule is CC(C)[C@@H]1NC(=O)[C@H](CCCCN)NC(=O)[C@@H](Cc2c[nH]c3ccccc23)NC(=O)[C@H](Cc2ccc(O)cc2)NC(=O)[C@H](Cc2ccccc2)N(C)C(=O)[C@H](CCSCC(=O)NCC(=O)NCC(=O)N[C@@H](CS)C(=O)N[C@@H](CCCCN)C(N)=O)NC1=O. The summed E-state index contributed by atoms with van der Waals surface area (Å²) in [6.07, 6.45) is 3.67. The minimum Gasteiger partial charge on any atom is -0.508 e. The quantitative estimate of drug-likeness (QED) is 0.0225. The molecule has 0 unspecified atom stereocenters. The Hall–Kier alpha value is -8.21. The van der Waals surface area contributed by atoms with Crippen LogP contribution < -0.4 is 65.1 Å². The molecule has 17 N–H and O–H groups in total. The molecule has 5 rings (SSSR count). The number of carbonyl (C=O) groups excluding carboxylic acids is 11. The second-order valence-corrected chi connectivity index (χ2v) is 23.3. The van der Waals surface area contributed by atoms with Gasteiger partial charge in [0, 0.05) is 49.2 Å². The van der Waals surface area contributed by atoms with Gasteiger partial charge < -0.3 is 80.0 Å². The molecule has 28 heteroatoms. The number of nitrogens with one attached hydrogen (secondary N) is 10. The third kappa shape index (κ3) is 22.5. The van der Waals surface area contributed by atoms with Crippen molar-refractivity contribution in [2.24, 2.45) is 23.1 Å². The summed E-state index contributed by atoms with van der Waals surface area (Å²) in [5, 5.41) is 34.8. The van der Waals surface area contributed by atoms with Crippen molar-refractivity contribution in [2.45, 2.75) is 126 Å². The maximum atomic E-state index is 15.1. The Kier molecular flexibility index (Phi) is 29.0. The number of thioether (sulfide) groups is 1. The number of para-hydroxylation sites is 1. The Morgan fingerprint density at radius 3 is 1.90 bits per heavy atom. The predicted molar refractivity (Wildman–Crippen MR) is 336 cm³/mol. The van der Waals surface area contributed by atoms with Crippen LogP contribution in [0.1, 0.15) is 75.5 Å². The van der Waals surface area contributed by atoms with Crippen LogP contribution in [0, 0.1) is 5.92 Å². The number of aromatic amines is 1. The molecule has 0 bridgehead atoms. The third-order valence-corrected chi connectivity index (χ3v) is 16.0. The highest BCUT2D eigenvalue weighted by atomic mass is 32.2. The molecule has 1 aliphatic heterocycles. The number of carbonyl (C=O) groups is 11. The van der Waals surface area contributed by atoms with Gasteiger partial charge in [0.15, 0.2) is 0 Å². The summed E-state index contributed by atoms with van der Waals surface area (Å²) < 4.78 is 0. The van der Waals surface area contributed by atoms with Crippen LogP contribution in [-0.2, 0) is 72.0 Å². The first-order chi connectivity index (χ1) is 42.1. The molecule has 2 heterocycles. The zero-order chi connectivity index (χ0) is 64.3. The number of H-pyrrole nitrogens is 1. The smallest absolute Gasteiger partial charge is 0.245 e. The Morgan fingerprint density at radius 2 is 1.23 bits per heavy atom. The number of benzene rings is 3. The van der Waals surface area contributed by atoms with Gasteiger partial charge in [-0.2, -0.15) is 24.4 Å². The highest BCUT2D eigenvalue weighted by Gasteiger charge is 2.38. The summed E-state index contributed by atoms with van der Waals surface area (Å²) in [6.45, 7) is 2.93. The van der Waals surface area contributed by atoms with Crippen LogP contribution in [0.5, 0.6) is 5.75 Å². The molecule has 0 radical (unpaired) electrons. The number of unbranched alkanes of at least 4 members (excludes halogenated alkanes) is 2. The van der Waals surface area contributed by atoms with Crippen LogP contribution in [0.15, 0.2) is 85.1 Å². The second-order valence-electron chi connectivity index (χ2n) is 21.8. The molecule has 88 heavy (non-hydrogen) atoms. The summed E-state index contributed by atoms with van der Waals surface area (Å²) >= 11 is 5.18. The van der Waals surface area contributed by atoms with E-state index in [0.717, 1.165) is 22.7 Å². The number of phenolic OH excluding ortho intramolecular Hbond substituents is 1. The van der Waals surface area contributed by atoms with Crippen molar-refractivity contribution in [3.8, 4) is 5.75 Å². The average molecular weight is 1260 g/mol. The molecule has 3 aromatic carbocycles. The summed E-state index contributed by atoms with van der Waals surface area (Å²) in [5.74, 6) is -9.02. The van der Waals surface area contributed by atoms with E-state index in [1.807, 2.05) is 24.3 Å². The highest BCUT2D eigenvalue weighted by Crippen LogP contribution is 2.21. The highest BCUT2D eigenvalue weighted by molar-refractivity contribution is 7.99. The summed E-state index contributed by atoms with van der Waals surface area (Å²) in [5.41, 5.74) is 19.4. The molecule has 0 aliphatic carbocycles. The molecule has 1 fully saturated rings. The van der Waals surface area contributed by atoms with E-state index in [-0.39, 0.29) is 68.1 Å². The maximum Gasteiger partial charge on any atom is 0.245 e. The van der Waals surface area contributed by atoms with E-state index >= 15 is 9.59 Å². The fraction of sp³-hybridized carbons (Fsp3) is 0.483. The molecule has 0 saturated carbocycles. The van der Waals surface area contributed by atoms with Crippen molar-refractivity contribution < 1.29 is 57.8 Å². The standard InChI is InChI=1S/C60H84N14O12S2/c1-35(2)52-59(85)70-44(23-26-88-34-51(78)66-31-49(76)65-32-50(77)67-47(33-87)57(83)68-42(53(63)79)17-9-11-24-61)60(86)74(3)48(28-36-13-5-4-6-14-36)58(84)72-45(27-37-19-21-39(75)22-20-37)55(81)71-46(29-38-30-64-41-16-8-7-15-40(38)41)56(82)69-43(54(80)73-52)18-10-12-25-62/h4-8,13-16,19-22,30,35,42-48,52,64,75,87H,9-12,17-18,23-29,31-34,61-62H2,1-3H3,(H2,63,79)(H,65,76)(H,66,78)(H,67,77)(H,68,83)(H,69,82)(H,70,85)(H,71,81)(H,72,84)(H,73,80)/t42-,43-,44-,45-,46+,47-,48-,52-/m0/s1. The molecule has 0 spiro atoms. The van der Waals surface area contributed by atoms with Crippen molar-refractivity contribution in [2.75, 3.05) is 50.5 Å². The molecule has 4 aromatic rings. The number of thiol groups is 1. The Balaban J connectivity index is 1.38. The average Bonchev–Trinajstić information content (AvgIpc) is 4.15. The van der Waals surface area contributed by atoms with Gasteiger partial charge in [-0.3, -0.25) is 52.7 Å². The number of hydrogen-bond donors (Lipinski definition) is 15. The molecule has 8 atom stereocenters. The van der Waals surface area contributed by atoms with Gasteiger partial charge in [0.2, 0.25) is 65.0 Å². The molecule has 1 aliphatic rings. The first-order valence-electron chi connectivity index (χ1n) is 29.3. The number of aromatic nitrogens is 1. The molecule has 11 amide bonds. The number of primary amides is 1. The molecular formula is C60H84N14O12S2. The molecule has 1 aromatic heterocycles. The monoisotopic (exact) mass is 1260 g/mol. The van der Waals surface area contributed by atoms with E-state index in [4.69, 9.17) is 17.2 Å². The molecule has 478 valence electrons. The van der Waals surface area contributed by atoms with Crippen LogP contribution in [0.4, 0.5) is 0 Å². The van der Waals surface area contributed by atoms with Crippen molar-refractivity contribution in [1.82, 2.24) is 57.7 Å². The second kappa shape index (κ2) is 36.2. The molecular weight excluding hydrogens is 1170 g/mol. The van der Waals surface area contributed by atoms with Crippen molar-refractivity contribution in [3.05, 3.63) is 102 Å². The van der Waals surface area contributed by atoms with Crippen LogP contribution in [0.2, 0.25) is 0 Å². The van der Waals surface area contributed by atoms with E-state index < -0.39 is 132 Å². The minimum atomic E-state index is -1.40. The first-order valence-corrected chi connectivity index (χ1v) is 31.1. The van der Waals surface area contributed by atoms with Crippen molar-refractivity contribution in [3.63, 3.8) is 0 Å². The van der Waals surface area contributed by atoms with E-state index in [9.17, 15) is 48.3 Å². The van der Waals surface area contributed by atoms with Crippen LogP contribution in [-0.4, -0.2) is 179 Å². The lowest BCUT2D eigenvalue weighted by Gasteiger charge is -2.34. The Bertz CT molecular complexity index is 3030. The number of hydrogen-bond acceptors (Lipinski definition) is 16. The van der Waals surface area contributed by atoms with Gasteiger partial charge in [0.1, 0.15) is 54.1 Å². The number of likely N-dealkylation sites (N-methyl/N-ethyl adjacent to an activating group) is 1. The van der Waals surface area contributed by atoms with Crippen LogP contribution >= 0.6 is 24.4 Å². The maximum absolute atomic E-state index is 15.1. The predicted octanol–water partition coefficient (Wildman–Crippen LogP) is -1.18. The van der Waals surface area contributed by atoms with E-state index in [1.165, 1.54) is 24.1 Å². The zero-order valence-electron chi connectivity index (χ0n) is 49.8. The summed E-state index contributed by atoms with van der Waals surface area (Å²) in [7, 11) is 1.38. The van der Waals surface area contributed by atoms with E-state index in [0.29, 0.717) is 48.9 Å². The lowest BCUT2D eigenvalue weighted by molar-refractivity contribution is -0.143. The fourth-order valence-electron chi connectivity index (χ4n) is 9.66. The summed E-state index contributed by atoms with van der Waals surface area (Å²) in [6, 6.07) is 12.0. The fourth-order valence-corrected chi connectivity index (χ4v) is 10.7. The van der Waals surface area contributed by atoms with Gasteiger partial charge in [-0.1, -0.05) is 74.5 Å². The number of fused-ring (bicyclic) bond motifs is 1. The topological polar surface area (TPSA) is 413 Å². The zero-order valence-corrected chi connectivity index (χ0v) is 51.5. The number of aromatic hydroxyl groups is 1. The van der Waals surface area contributed by atoms with Gasteiger partial charge in [-0.25, -0.2) is 0 Å². The largest absolute Gasteiger partial charge is 0.508 e. The van der Waals surface area contributed by atoms with Gasteiger partial charge in [0.05, 0.1) is 18.8 Å². The van der Waals surface area contributed by atoms with Crippen molar-refractivity contribution >= 4 is 100 Å². The normalized spacial score (nSPS) is 19.6. The number of phenols is 1. The van der Waals surface area contributed by atoms with E-state index in [2.05, 4.69) is 65.5 Å². The van der Waals surface area contributed by atoms with Crippen LogP contribution in [0.25, 0.3) is 10.9 Å². The lowest BCUT2D eigenvalue weighted by Crippen LogP contribution is -2.62. The van der Waals surface area contributed by atoms with Gasteiger partial charge >= 0.3 is 0 Å². The summed E-state index contributed by atoms with van der Waals surface area (Å²) in [4.78, 5) is 156. The molecule has 26 nitrogen and oxygen atoms in total. The Labute approximate surface area is 521 Å². The van der Waals surface area contributed by atoms with Gasteiger partial charge in [0.25, 0.3) is 0 Å².